The Morgan fingerprint density at radius 3 is 2.73 bits per heavy atom. The number of esters is 1. The number of aromatic nitrogens is 1. The zero-order chi connectivity index (χ0) is 23.8. The summed E-state index contributed by atoms with van der Waals surface area (Å²) < 4.78 is 10.2. The first-order chi connectivity index (χ1) is 15.7. The molecule has 0 radical (unpaired) electrons. The molecular weight excluding hydrogens is 420 g/mol. The van der Waals surface area contributed by atoms with E-state index in [1.54, 1.807) is 20.8 Å². The topological polar surface area (TPSA) is 92.8 Å². The largest absolute Gasteiger partial charge is 0.467 e. The minimum Gasteiger partial charge on any atom is -0.467 e. The Kier molecular flexibility index (Phi) is 8.95. The molecule has 8 nitrogen and oxygen atoms in total. The molecule has 3 rings (SSSR count). The van der Waals surface area contributed by atoms with Crippen LogP contribution in [0.25, 0.3) is 0 Å². The Morgan fingerprint density at radius 2 is 2.03 bits per heavy atom. The molecule has 1 aromatic heterocycles. The van der Waals surface area contributed by atoms with E-state index >= 15 is 0 Å². The van der Waals surface area contributed by atoms with Crippen molar-refractivity contribution in [2.45, 2.75) is 95.9 Å². The zero-order valence-corrected chi connectivity index (χ0v) is 20.6. The lowest BCUT2D eigenvalue weighted by Crippen LogP contribution is -2.46. The van der Waals surface area contributed by atoms with Crippen LogP contribution in [0, 0.1) is 0 Å². The molecule has 2 heterocycles. The average molecular weight is 461 g/mol. The highest BCUT2D eigenvalue weighted by molar-refractivity contribution is 5.81. The molecule has 184 valence electrons. The van der Waals surface area contributed by atoms with Gasteiger partial charge in [-0.3, -0.25) is 0 Å². The van der Waals surface area contributed by atoms with E-state index in [2.05, 4.69) is 26.6 Å². The summed E-state index contributed by atoms with van der Waals surface area (Å²) in [5.41, 5.74) is 0.699. The molecule has 2 N–H and O–H groups in total. The Morgan fingerprint density at radius 1 is 1.24 bits per heavy atom. The number of aryl methyl sites for hydroxylation is 1. The van der Waals surface area contributed by atoms with Crippen molar-refractivity contribution in [3.8, 4) is 0 Å². The summed E-state index contributed by atoms with van der Waals surface area (Å²) in [5.74, 6) is 0.605. The van der Waals surface area contributed by atoms with Crippen molar-refractivity contribution < 1.29 is 19.1 Å². The highest BCUT2D eigenvalue weighted by atomic mass is 16.6. The molecule has 0 saturated heterocycles. The second-order valence-electron chi connectivity index (χ2n) is 10.2. The molecule has 0 unspecified atom stereocenters. The summed E-state index contributed by atoms with van der Waals surface area (Å²) in [7, 11) is 1.35. The molecular formula is C25H40N4O4. The molecule has 1 aliphatic heterocycles. The van der Waals surface area contributed by atoms with E-state index in [0.717, 1.165) is 51.0 Å². The van der Waals surface area contributed by atoms with E-state index in [0.29, 0.717) is 18.5 Å². The van der Waals surface area contributed by atoms with Crippen molar-refractivity contribution in [3.63, 3.8) is 0 Å². The van der Waals surface area contributed by atoms with Crippen LogP contribution in [0.15, 0.2) is 18.3 Å². The van der Waals surface area contributed by atoms with Crippen LogP contribution in [0.1, 0.15) is 71.3 Å². The second kappa shape index (κ2) is 11.7. The number of hydrogen-bond donors (Lipinski definition) is 2. The Balaban J connectivity index is 1.41. The molecule has 33 heavy (non-hydrogen) atoms. The fourth-order valence-electron chi connectivity index (χ4n) is 4.34. The fraction of sp³-hybridized carbons (Fsp3) is 0.720. The van der Waals surface area contributed by atoms with Gasteiger partial charge in [-0.1, -0.05) is 12.5 Å². The number of amides is 1. The van der Waals surface area contributed by atoms with Crippen LogP contribution in [-0.4, -0.2) is 65.9 Å². The van der Waals surface area contributed by atoms with Crippen molar-refractivity contribution in [1.82, 2.24) is 15.2 Å². The first-order valence-electron chi connectivity index (χ1n) is 12.3. The quantitative estimate of drug-likeness (QED) is 0.382. The van der Waals surface area contributed by atoms with E-state index < -0.39 is 23.7 Å². The van der Waals surface area contributed by atoms with Gasteiger partial charge in [-0.2, -0.15) is 0 Å². The van der Waals surface area contributed by atoms with Crippen LogP contribution < -0.4 is 10.6 Å². The van der Waals surface area contributed by atoms with E-state index in [1.807, 2.05) is 12.3 Å². The first-order valence-corrected chi connectivity index (χ1v) is 12.3. The number of unbranched alkanes of at least 4 members (excludes halogenated alkanes) is 1. The van der Waals surface area contributed by atoms with Crippen LogP contribution in [0.5, 0.6) is 0 Å². The minimum atomic E-state index is -0.704. The van der Waals surface area contributed by atoms with Gasteiger partial charge in [0, 0.05) is 24.8 Å². The third kappa shape index (κ3) is 8.50. The number of anilines is 1. The molecule has 1 saturated carbocycles. The lowest BCUT2D eigenvalue weighted by Gasteiger charge is -2.27. The minimum absolute atomic E-state index is 0.436. The van der Waals surface area contributed by atoms with Gasteiger partial charge in [0.1, 0.15) is 17.5 Å². The number of nitrogens with one attached hydrogen (secondary N) is 2. The highest BCUT2D eigenvalue weighted by Gasteiger charge is 2.31. The molecule has 1 amide bonds. The third-order valence-corrected chi connectivity index (χ3v) is 6.19. The summed E-state index contributed by atoms with van der Waals surface area (Å²) in [4.78, 5) is 31.3. The first kappa shape index (κ1) is 25.3. The van der Waals surface area contributed by atoms with E-state index in [9.17, 15) is 9.59 Å². The zero-order valence-electron chi connectivity index (χ0n) is 20.6. The standard InChI is InChI=1S/C25H40N4O4/c1-25(2,3)33-24(31)28-21(23(30)32-4)14-17-29(20-12-13-20)16-6-5-9-19-11-10-18-8-7-15-26-22(18)27-19/h7-8,15,19-21H,5-6,9-14,16-17H2,1-4H3,(H,26,27)(H,28,31)/t19-,21-/m0/s1. The van der Waals surface area contributed by atoms with Gasteiger partial charge in [-0.05, 0) is 83.9 Å². The maximum atomic E-state index is 12.2. The number of fused-ring (bicyclic) bond motifs is 1. The van der Waals surface area contributed by atoms with Gasteiger partial charge in [0.25, 0.3) is 0 Å². The number of methoxy groups -OCH3 is 1. The Hall–Kier alpha value is -2.35. The Labute approximate surface area is 197 Å². The second-order valence-corrected chi connectivity index (χ2v) is 10.2. The van der Waals surface area contributed by atoms with E-state index in [4.69, 9.17) is 9.47 Å². The molecule has 1 aliphatic carbocycles. The molecule has 1 fully saturated rings. The number of rotatable bonds is 11. The van der Waals surface area contributed by atoms with Gasteiger partial charge in [0.2, 0.25) is 0 Å². The van der Waals surface area contributed by atoms with Gasteiger partial charge in [0.05, 0.1) is 7.11 Å². The molecule has 0 bridgehead atoms. The number of ether oxygens (including phenoxy) is 2. The summed E-state index contributed by atoms with van der Waals surface area (Å²) in [6.45, 7) is 7.15. The van der Waals surface area contributed by atoms with Gasteiger partial charge in [-0.15, -0.1) is 0 Å². The molecule has 1 aromatic rings. The van der Waals surface area contributed by atoms with Crippen molar-refractivity contribution in [2.24, 2.45) is 0 Å². The van der Waals surface area contributed by atoms with E-state index in [-0.39, 0.29) is 0 Å². The fourth-order valence-corrected chi connectivity index (χ4v) is 4.34. The number of alkyl carbamates (subject to hydrolysis) is 1. The van der Waals surface area contributed by atoms with Crippen LogP contribution in [0.3, 0.4) is 0 Å². The summed E-state index contributed by atoms with van der Waals surface area (Å²) in [6, 6.07) is 4.53. The van der Waals surface area contributed by atoms with Gasteiger partial charge >= 0.3 is 12.1 Å². The number of pyridine rings is 1. The maximum Gasteiger partial charge on any atom is 0.408 e. The van der Waals surface area contributed by atoms with Gasteiger partial charge < -0.3 is 25.0 Å². The lowest BCUT2D eigenvalue weighted by atomic mass is 9.97. The van der Waals surface area contributed by atoms with Gasteiger partial charge in [-0.25, -0.2) is 14.6 Å². The smallest absolute Gasteiger partial charge is 0.408 e. The maximum absolute atomic E-state index is 12.2. The molecule has 0 aromatic carbocycles. The van der Waals surface area contributed by atoms with Crippen LogP contribution in [0.4, 0.5) is 10.6 Å². The number of nitrogens with zero attached hydrogens (tertiary/aromatic N) is 2. The third-order valence-electron chi connectivity index (χ3n) is 6.19. The number of carbonyl (C=O) groups is 2. The SMILES string of the molecule is COC(=O)[C@H](CCN(CCCC[C@H]1CCc2cccnc2N1)C1CC1)NC(=O)OC(C)(C)C. The summed E-state index contributed by atoms with van der Waals surface area (Å²) in [6.07, 6.45) is 9.83. The van der Waals surface area contributed by atoms with Gasteiger partial charge in [0.15, 0.2) is 0 Å². The molecule has 2 atom stereocenters. The molecule has 0 spiro atoms. The van der Waals surface area contributed by atoms with Crippen LogP contribution >= 0.6 is 0 Å². The van der Waals surface area contributed by atoms with Crippen molar-refractivity contribution in [2.75, 3.05) is 25.5 Å². The Bertz CT molecular complexity index is 791. The monoisotopic (exact) mass is 460 g/mol. The van der Waals surface area contributed by atoms with Crippen molar-refractivity contribution in [1.29, 1.82) is 0 Å². The average Bonchev–Trinajstić information content (AvgIpc) is 3.61. The van der Waals surface area contributed by atoms with E-state index in [1.165, 1.54) is 25.5 Å². The molecule has 2 aliphatic rings. The highest BCUT2D eigenvalue weighted by Crippen LogP contribution is 2.28. The number of hydrogen-bond acceptors (Lipinski definition) is 7. The normalized spacial score (nSPS) is 18.8. The summed E-state index contributed by atoms with van der Waals surface area (Å²) in [5, 5.41) is 6.27. The van der Waals surface area contributed by atoms with Crippen LogP contribution in [-0.2, 0) is 20.7 Å². The number of carbonyl (C=O) groups excluding carboxylic acids is 2. The lowest BCUT2D eigenvalue weighted by molar-refractivity contribution is -0.143. The summed E-state index contributed by atoms with van der Waals surface area (Å²) >= 11 is 0. The predicted octanol–water partition coefficient (Wildman–Crippen LogP) is 3.90. The van der Waals surface area contributed by atoms with Crippen LogP contribution in [0.2, 0.25) is 0 Å². The van der Waals surface area contributed by atoms with Crippen molar-refractivity contribution >= 4 is 17.9 Å². The van der Waals surface area contributed by atoms with Crippen molar-refractivity contribution in [3.05, 3.63) is 23.9 Å². The predicted molar refractivity (Wildman–Crippen MR) is 128 cm³/mol. The molecule has 8 heteroatoms.